The number of nitrogens with one attached hydrogen (secondary N) is 1. The highest BCUT2D eigenvalue weighted by Crippen LogP contribution is 2.50. The molecule has 2 rings (SSSR count). The summed E-state index contributed by atoms with van der Waals surface area (Å²) in [5, 5.41) is 2.81. The summed E-state index contributed by atoms with van der Waals surface area (Å²) in [5.41, 5.74) is -0.204. The van der Waals surface area contributed by atoms with Crippen LogP contribution in [-0.2, 0) is 4.74 Å². The van der Waals surface area contributed by atoms with Crippen LogP contribution in [0.25, 0.3) is 0 Å². The number of alkyl halides is 2. The lowest BCUT2D eigenvalue weighted by molar-refractivity contribution is -0.250. The van der Waals surface area contributed by atoms with E-state index in [1.54, 1.807) is 0 Å². The lowest BCUT2D eigenvalue weighted by Gasteiger charge is -2.55. The molecule has 0 aromatic heterocycles. The molecule has 2 fully saturated rings. The first kappa shape index (κ1) is 9.34. The molecule has 0 atom stereocenters. The van der Waals surface area contributed by atoms with E-state index in [0.29, 0.717) is 0 Å². The molecule has 2 aliphatic rings. The third kappa shape index (κ3) is 1.70. The van der Waals surface area contributed by atoms with Gasteiger partial charge in [0.05, 0.1) is 6.54 Å². The lowest BCUT2D eigenvalue weighted by Crippen LogP contribution is -2.67. The van der Waals surface area contributed by atoms with Crippen molar-refractivity contribution < 1.29 is 13.5 Å². The van der Waals surface area contributed by atoms with E-state index in [2.05, 4.69) is 19.2 Å². The molecule has 1 saturated heterocycles. The Morgan fingerprint density at radius 1 is 1.23 bits per heavy atom. The molecule has 1 aliphatic carbocycles. The minimum absolute atomic E-state index is 0.236. The number of ether oxygens (including phenoxy) is 1. The summed E-state index contributed by atoms with van der Waals surface area (Å²) in [7, 11) is 0. The van der Waals surface area contributed by atoms with Crippen LogP contribution in [-0.4, -0.2) is 24.8 Å². The van der Waals surface area contributed by atoms with E-state index in [9.17, 15) is 8.78 Å². The Balaban J connectivity index is 1.93. The Bertz CT molecular complexity index is 208. The number of rotatable bonds is 0. The first-order valence-corrected chi connectivity index (χ1v) is 4.60. The van der Waals surface area contributed by atoms with Crippen LogP contribution in [0.15, 0.2) is 0 Å². The van der Waals surface area contributed by atoms with Crippen LogP contribution in [0.1, 0.15) is 26.7 Å². The molecule has 13 heavy (non-hydrogen) atoms. The number of halogens is 2. The second-order valence-electron chi connectivity index (χ2n) is 5.01. The van der Waals surface area contributed by atoms with E-state index in [1.165, 1.54) is 0 Å². The predicted molar refractivity (Wildman–Crippen MR) is 44.6 cm³/mol. The predicted octanol–water partition coefficient (Wildman–Crippen LogP) is 1.76. The van der Waals surface area contributed by atoms with E-state index in [0.717, 1.165) is 12.8 Å². The summed E-state index contributed by atoms with van der Waals surface area (Å²) in [6.07, 6.45) is 1.66. The van der Waals surface area contributed by atoms with Gasteiger partial charge in [-0.05, 0) is 18.3 Å². The maximum absolute atomic E-state index is 12.7. The molecule has 0 amide bonds. The molecule has 76 valence electrons. The van der Waals surface area contributed by atoms with Crippen molar-refractivity contribution in [2.24, 2.45) is 5.41 Å². The molecule has 0 radical (unpaired) electrons. The molecule has 0 aromatic carbocycles. The summed E-state index contributed by atoms with van der Waals surface area (Å²) in [6, 6.07) is 0. The van der Waals surface area contributed by atoms with Gasteiger partial charge in [-0.1, -0.05) is 13.8 Å². The average Bonchev–Trinajstić information content (AvgIpc) is 1.92. The van der Waals surface area contributed by atoms with Gasteiger partial charge in [0, 0.05) is 0 Å². The van der Waals surface area contributed by atoms with Gasteiger partial charge in [0.2, 0.25) is 0 Å². The zero-order chi connectivity index (χ0) is 9.74. The highest BCUT2D eigenvalue weighted by atomic mass is 19.3. The van der Waals surface area contributed by atoms with Crippen LogP contribution in [0.5, 0.6) is 0 Å². The van der Waals surface area contributed by atoms with Crippen LogP contribution >= 0.6 is 0 Å². The third-order valence-electron chi connectivity index (χ3n) is 2.76. The monoisotopic (exact) mass is 191 g/mol. The Kier molecular flexibility index (Phi) is 1.74. The minimum Gasteiger partial charge on any atom is -0.354 e. The number of hydrogen-bond donors (Lipinski definition) is 1. The van der Waals surface area contributed by atoms with Gasteiger partial charge in [0.15, 0.2) is 0 Å². The molecule has 1 saturated carbocycles. The topological polar surface area (TPSA) is 21.3 Å². The van der Waals surface area contributed by atoms with Crippen molar-refractivity contribution in [3.05, 3.63) is 0 Å². The van der Waals surface area contributed by atoms with Crippen molar-refractivity contribution in [2.45, 2.75) is 38.3 Å². The van der Waals surface area contributed by atoms with Crippen LogP contribution in [0.4, 0.5) is 8.78 Å². The summed E-state index contributed by atoms with van der Waals surface area (Å²) in [4.78, 5) is 0. The van der Waals surface area contributed by atoms with E-state index < -0.39 is 18.3 Å². The summed E-state index contributed by atoms with van der Waals surface area (Å²) < 4.78 is 30.6. The molecule has 1 N–H and O–H groups in total. The van der Waals surface area contributed by atoms with Crippen molar-refractivity contribution in [3.63, 3.8) is 0 Å². The Hall–Kier alpha value is -0.220. The third-order valence-corrected chi connectivity index (χ3v) is 2.76. The van der Waals surface area contributed by atoms with Gasteiger partial charge in [-0.25, -0.2) is 8.78 Å². The van der Waals surface area contributed by atoms with Crippen molar-refractivity contribution >= 4 is 0 Å². The molecule has 1 aliphatic heterocycles. The summed E-state index contributed by atoms with van der Waals surface area (Å²) >= 11 is 0. The van der Waals surface area contributed by atoms with Gasteiger partial charge < -0.3 is 4.74 Å². The van der Waals surface area contributed by atoms with E-state index in [4.69, 9.17) is 4.74 Å². The van der Waals surface area contributed by atoms with Crippen molar-refractivity contribution in [3.8, 4) is 0 Å². The Morgan fingerprint density at radius 2 is 1.85 bits per heavy atom. The molecule has 1 heterocycles. The van der Waals surface area contributed by atoms with E-state index >= 15 is 0 Å². The lowest BCUT2D eigenvalue weighted by atomic mass is 9.65. The van der Waals surface area contributed by atoms with Crippen LogP contribution in [0, 0.1) is 5.41 Å². The molecular formula is C9H15F2NO. The minimum atomic E-state index is -2.69. The fraction of sp³-hybridized carbons (Fsp3) is 1.00. The molecular weight excluding hydrogens is 176 g/mol. The fourth-order valence-electron chi connectivity index (χ4n) is 2.36. The molecule has 4 heteroatoms. The van der Waals surface area contributed by atoms with Crippen molar-refractivity contribution in [1.82, 2.24) is 5.32 Å². The van der Waals surface area contributed by atoms with Gasteiger partial charge in [-0.3, -0.25) is 5.32 Å². The zero-order valence-corrected chi connectivity index (χ0v) is 7.99. The largest absolute Gasteiger partial charge is 0.354 e. The Morgan fingerprint density at radius 3 is 2.23 bits per heavy atom. The van der Waals surface area contributed by atoms with Crippen molar-refractivity contribution in [1.29, 1.82) is 0 Å². The SMILES string of the molecule is CC1(C)CC2(C1)NCC(F)(F)CO2. The second kappa shape index (κ2) is 2.42. The van der Waals surface area contributed by atoms with Gasteiger partial charge >= 0.3 is 0 Å². The molecule has 0 bridgehead atoms. The molecule has 0 aromatic rings. The smallest absolute Gasteiger partial charge is 0.283 e. The van der Waals surface area contributed by atoms with Crippen LogP contribution in [0.2, 0.25) is 0 Å². The van der Waals surface area contributed by atoms with E-state index in [-0.39, 0.29) is 12.0 Å². The van der Waals surface area contributed by atoms with Crippen molar-refractivity contribution in [2.75, 3.05) is 13.2 Å². The first-order chi connectivity index (χ1) is 5.83. The highest BCUT2D eigenvalue weighted by molar-refractivity contribution is 5.02. The van der Waals surface area contributed by atoms with Gasteiger partial charge in [-0.2, -0.15) is 0 Å². The van der Waals surface area contributed by atoms with Gasteiger partial charge in [-0.15, -0.1) is 0 Å². The standard InChI is InChI=1S/C9H15F2NO/c1-7(2)3-9(4-7)12-5-8(10,11)6-13-9/h12H,3-6H2,1-2H3. The second-order valence-corrected chi connectivity index (χ2v) is 5.01. The summed E-state index contributed by atoms with van der Waals surface area (Å²) in [6.45, 7) is 3.56. The summed E-state index contributed by atoms with van der Waals surface area (Å²) in [5.74, 6) is -2.69. The van der Waals surface area contributed by atoms with Gasteiger partial charge in [0.1, 0.15) is 12.3 Å². The Labute approximate surface area is 76.6 Å². The molecule has 1 spiro atoms. The van der Waals surface area contributed by atoms with Crippen LogP contribution in [0.3, 0.4) is 0 Å². The number of hydrogen-bond acceptors (Lipinski definition) is 2. The van der Waals surface area contributed by atoms with Crippen LogP contribution < -0.4 is 5.32 Å². The fourth-order valence-corrected chi connectivity index (χ4v) is 2.36. The average molecular weight is 191 g/mol. The van der Waals surface area contributed by atoms with E-state index in [1.807, 2.05) is 0 Å². The zero-order valence-electron chi connectivity index (χ0n) is 7.99. The molecule has 0 unspecified atom stereocenters. The normalized spacial score (nSPS) is 34.2. The molecule has 2 nitrogen and oxygen atoms in total. The maximum atomic E-state index is 12.7. The quantitative estimate of drug-likeness (QED) is 0.630. The highest BCUT2D eigenvalue weighted by Gasteiger charge is 2.54. The first-order valence-electron chi connectivity index (χ1n) is 4.60. The van der Waals surface area contributed by atoms with Gasteiger partial charge in [0.25, 0.3) is 5.92 Å². The maximum Gasteiger partial charge on any atom is 0.283 e.